The number of hydrogen-bond donors (Lipinski definition) is 1. The van der Waals surface area contributed by atoms with Gasteiger partial charge in [0.15, 0.2) is 0 Å². The lowest BCUT2D eigenvalue weighted by Gasteiger charge is -2.21. The molecule has 78 valence electrons. The van der Waals surface area contributed by atoms with E-state index < -0.39 is 0 Å². The standard InChI is InChI=1S/C11H16BrNO/c1-8(2)13(3)7-9-5-4-6-10(14)11(9)12/h4-6,8,14H,7H2,1-3H3. The van der Waals surface area contributed by atoms with Crippen LogP contribution in [0.3, 0.4) is 0 Å². The number of hydrogen-bond acceptors (Lipinski definition) is 2. The summed E-state index contributed by atoms with van der Waals surface area (Å²) in [5.41, 5.74) is 1.11. The monoisotopic (exact) mass is 257 g/mol. The Morgan fingerprint density at radius 3 is 2.64 bits per heavy atom. The quantitative estimate of drug-likeness (QED) is 0.900. The van der Waals surface area contributed by atoms with Gasteiger partial charge in [-0.1, -0.05) is 12.1 Å². The Morgan fingerprint density at radius 2 is 2.07 bits per heavy atom. The van der Waals surface area contributed by atoms with Crippen molar-refractivity contribution in [1.29, 1.82) is 0 Å². The van der Waals surface area contributed by atoms with Crippen LogP contribution in [0.4, 0.5) is 0 Å². The number of nitrogens with zero attached hydrogens (tertiary/aromatic N) is 1. The molecule has 0 spiro atoms. The average molecular weight is 258 g/mol. The highest BCUT2D eigenvalue weighted by atomic mass is 79.9. The number of phenols is 1. The third-order valence-electron chi connectivity index (χ3n) is 2.36. The zero-order valence-electron chi connectivity index (χ0n) is 8.79. The maximum atomic E-state index is 9.49. The predicted octanol–water partition coefficient (Wildman–Crippen LogP) is 2.99. The molecule has 0 radical (unpaired) electrons. The topological polar surface area (TPSA) is 23.5 Å². The van der Waals surface area contributed by atoms with E-state index in [9.17, 15) is 5.11 Å². The molecule has 0 amide bonds. The molecule has 0 saturated carbocycles. The van der Waals surface area contributed by atoms with Crippen molar-refractivity contribution in [3.63, 3.8) is 0 Å². The van der Waals surface area contributed by atoms with Crippen LogP contribution in [-0.4, -0.2) is 23.1 Å². The minimum Gasteiger partial charge on any atom is -0.507 e. The summed E-state index contributed by atoms with van der Waals surface area (Å²) in [7, 11) is 2.07. The van der Waals surface area contributed by atoms with E-state index in [-0.39, 0.29) is 0 Å². The molecule has 0 unspecified atom stereocenters. The molecule has 14 heavy (non-hydrogen) atoms. The van der Waals surface area contributed by atoms with Gasteiger partial charge < -0.3 is 5.11 Å². The van der Waals surface area contributed by atoms with Crippen LogP contribution in [0, 0.1) is 0 Å². The Morgan fingerprint density at radius 1 is 1.43 bits per heavy atom. The average Bonchev–Trinajstić information content (AvgIpc) is 2.12. The fraction of sp³-hybridized carbons (Fsp3) is 0.455. The van der Waals surface area contributed by atoms with E-state index in [1.54, 1.807) is 6.07 Å². The van der Waals surface area contributed by atoms with Crippen LogP contribution in [0.25, 0.3) is 0 Å². The molecule has 0 fully saturated rings. The van der Waals surface area contributed by atoms with Gasteiger partial charge in [-0.25, -0.2) is 0 Å². The smallest absolute Gasteiger partial charge is 0.130 e. The van der Waals surface area contributed by atoms with Gasteiger partial charge >= 0.3 is 0 Å². The number of benzene rings is 1. The van der Waals surface area contributed by atoms with Crippen molar-refractivity contribution in [2.24, 2.45) is 0 Å². The van der Waals surface area contributed by atoms with Crippen molar-refractivity contribution in [3.8, 4) is 5.75 Å². The summed E-state index contributed by atoms with van der Waals surface area (Å²) in [6.45, 7) is 5.14. The van der Waals surface area contributed by atoms with E-state index >= 15 is 0 Å². The third kappa shape index (κ3) is 2.72. The van der Waals surface area contributed by atoms with E-state index in [1.165, 1.54) is 0 Å². The van der Waals surface area contributed by atoms with E-state index in [0.29, 0.717) is 11.8 Å². The van der Waals surface area contributed by atoms with Gasteiger partial charge in [-0.15, -0.1) is 0 Å². The zero-order valence-corrected chi connectivity index (χ0v) is 10.4. The van der Waals surface area contributed by atoms with Crippen LogP contribution < -0.4 is 0 Å². The van der Waals surface area contributed by atoms with Crippen LogP contribution in [0.2, 0.25) is 0 Å². The summed E-state index contributed by atoms with van der Waals surface area (Å²) in [5, 5.41) is 9.49. The fourth-order valence-corrected chi connectivity index (χ4v) is 1.53. The van der Waals surface area contributed by atoms with Gasteiger partial charge in [-0.05, 0) is 48.5 Å². The number of rotatable bonds is 3. The molecule has 3 heteroatoms. The normalized spacial score (nSPS) is 11.3. The summed E-state index contributed by atoms with van der Waals surface area (Å²) in [4.78, 5) is 2.22. The predicted molar refractivity (Wildman–Crippen MR) is 62.4 cm³/mol. The minimum absolute atomic E-state index is 0.305. The molecule has 1 aromatic rings. The van der Waals surface area contributed by atoms with E-state index in [4.69, 9.17) is 0 Å². The van der Waals surface area contributed by atoms with Crippen molar-refractivity contribution in [1.82, 2.24) is 4.90 Å². The van der Waals surface area contributed by atoms with Gasteiger partial charge in [0.1, 0.15) is 5.75 Å². The summed E-state index contributed by atoms with van der Waals surface area (Å²) in [6, 6.07) is 6.07. The lowest BCUT2D eigenvalue weighted by atomic mass is 10.2. The van der Waals surface area contributed by atoms with Crippen molar-refractivity contribution in [2.45, 2.75) is 26.4 Å². The highest BCUT2D eigenvalue weighted by Crippen LogP contribution is 2.28. The molecule has 1 rings (SSSR count). The Hall–Kier alpha value is -0.540. The van der Waals surface area contributed by atoms with E-state index in [0.717, 1.165) is 16.6 Å². The lowest BCUT2D eigenvalue weighted by Crippen LogP contribution is -2.25. The highest BCUT2D eigenvalue weighted by molar-refractivity contribution is 9.10. The maximum absolute atomic E-state index is 9.49. The van der Waals surface area contributed by atoms with Crippen LogP contribution >= 0.6 is 15.9 Å². The van der Waals surface area contributed by atoms with Crippen molar-refractivity contribution >= 4 is 15.9 Å². The Kier molecular flexibility index (Phi) is 3.96. The van der Waals surface area contributed by atoms with Gasteiger partial charge in [0.25, 0.3) is 0 Å². The van der Waals surface area contributed by atoms with E-state index in [2.05, 4.69) is 41.7 Å². The molecule has 1 N–H and O–H groups in total. The first kappa shape index (κ1) is 11.5. The van der Waals surface area contributed by atoms with Gasteiger partial charge in [0.2, 0.25) is 0 Å². The zero-order chi connectivity index (χ0) is 10.7. The lowest BCUT2D eigenvalue weighted by molar-refractivity contribution is 0.265. The van der Waals surface area contributed by atoms with E-state index in [1.807, 2.05) is 12.1 Å². The SMILES string of the molecule is CC(C)N(C)Cc1cccc(O)c1Br. The van der Waals surface area contributed by atoms with Crippen molar-refractivity contribution in [3.05, 3.63) is 28.2 Å². The molecule has 0 atom stereocenters. The minimum atomic E-state index is 0.305. The first-order chi connectivity index (χ1) is 6.52. The molecule has 0 aliphatic heterocycles. The summed E-state index contributed by atoms with van der Waals surface area (Å²) in [6.07, 6.45) is 0. The third-order valence-corrected chi connectivity index (χ3v) is 3.28. The Labute approximate surface area is 93.7 Å². The van der Waals surface area contributed by atoms with Gasteiger partial charge in [-0.2, -0.15) is 0 Å². The molecule has 0 bridgehead atoms. The molecule has 0 saturated heterocycles. The maximum Gasteiger partial charge on any atom is 0.130 e. The molecule has 0 aliphatic rings. The molecule has 0 aromatic heterocycles. The largest absolute Gasteiger partial charge is 0.507 e. The first-order valence-corrected chi connectivity index (χ1v) is 5.48. The van der Waals surface area contributed by atoms with Crippen LogP contribution in [-0.2, 0) is 6.54 Å². The van der Waals surface area contributed by atoms with Crippen molar-refractivity contribution < 1.29 is 5.11 Å². The summed E-state index contributed by atoms with van der Waals surface area (Å²) in [5.74, 6) is 0.305. The molecule has 1 aromatic carbocycles. The number of aromatic hydroxyl groups is 1. The number of halogens is 1. The Bertz CT molecular complexity index is 312. The first-order valence-electron chi connectivity index (χ1n) is 4.69. The molecular formula is C11H16BrNO. The van der Waals surface area contributed by atoms with Gasteiger partial charge in [0.05, 0.1) is 4.47 Å². The second kappa shape index (κ2) is 4.80. The highest BCUT2D eigenvalue weighted by Gasteiger charge is 2.08. The fourth-order valence-electron chi connectivity index (χ4n) is 1.14. The molecule has 0 aliphatic carbocycles. The number of phenolic OH excluding ortho intramolecular Hbond substituents is 1. The second-order valence-corrected chi connectivity index (χ2v) is 4.55. The summed E-state index contributed by atoms with van der Waals surface area (Å²) >= 11 is 3.38. The van der Waals surface area contributed by atoms with Crippen molar-refractivity contribution in [2.75, 3.05) is 7.05 Å². The Balaban J connectivity index is 2.82. The molecule has 2 nitrogen and oxygen atoms in total. The summed E-state index contributed by atoms with van der Waals surface area (Å²) < 4.78 is 0.799. The van der Waals surface area contributed by atoms with Crippen LogP contribution in [0.1, 0.15) is 19.4 Å². The van der Waals surface area contributed by atoms with Gasteiger partial charge in [0, 0.05) is 12.6 Å². The van der Waals surface area contributed by atoms with Crippen LogP contribution in [0.15, 0.2) is 22.7 Å². The second-order valence-electron chi connectivity index (χ2n) is 3.76. The molecular weight excluding hydrogens is 242 g/mol. The molecule has 0 heterocycles. The van der Waals surface area contributed by atoms with Crippen LogP contribution in [0.5, 0.6) is 5.75 Å². The van der Waals surface area contributed by atoms with Gasteiger partial charge in [-0.3, -0.25) is 4.90 Å².